The van der Waals surface area contributed by atoms with Crippen molar-refractivity contribution < 1.29 is 19.1 Å². The Balaban J connectivity index is 1.79. The molecule has 4 rings (SSSR count). The van der Waals surface area contributed by atoms with Gasteiger partial charge in [-0.3, -0.25) is 9.59 Å². The lowest BCUT2D eigenvalue weighted by atomic mass is 9.62. The summed E-state index contributed by atoms with van der Waals surface area (Å²) in [7, 11) is 0. The molecule has 1 aromatic carbocycles. The van der Waals surface area contributed by atoms with Crippen molar-refractivity contribution in [3.05, 3.63) is 64.2 Å². The van der Waals surface area contributed by atoms with E-state index in [1.54, 1.807) is 24.3 Å². The van der Waals surface area contributed by atoms with E-state index in [9.17, 15) is 19.1 Å². The number of rotatable bonds is 7. The third kappa shape index (κ3) is 6.18. The van der Waals surface area contributed by atoms with Crippen LogP contribution >= 0.6 is 23.2 Å². The van der Waals surface area contributed by atoms with Gasteiger partial charge in [0.2, 0.25) is 11.8 Å². The number of allylic oxidation sites excluding steroid dienone is 4. The summed E-state index contributed by atoms with van der Waals surface area (Å²) in [6, 6.07) is 4.12. The number of anilines is 1. The van der Waals surface area contributed by atoms with E-state index in [1.165, 1.54) is 6.08 Å². The first kappa shape index (κ1) is 30.8. The Morgan fingerprint density at radius 1 is 1.30 bits per heavy atom. The summed E-state index contributed by atoms with van der Waals surface area (Å²) in [6.07, 6.45) is 7.89. The predicted molar refractivity (Wildman–Crippen MR) is 159 cm³/mol. The molecule has 4 N–H and O–H groups in total. The van der Waals surface area contributed by atoms with Crippen LogP contribution in [0.15, 0.2) is 53.6 Å². The van der Waals surface area contributed by atoms with E-state index in [1.807, 2.05) is 13.0 Å². The molecule has 1 saturated carbocycles. The van der Waals surface area contributed by atoms with Crippen LogP contribution in [0.4, 0.5) is 10.1 Å². The minimum atomic E-state index is -1.14. The van der Waals surface area contributed by atoms with Crippen molar-refractivity contribution >= 4 is 40.7 Å². The van der Waals surface area contributed by atoms with Crippen LogP contribution in [0.25, 0.3) is 0 Å². The van der Waals surface area contributed by atoms with Gasteiger partial charge in [0.1, 0.15) is 12.1 Å². The number of carbonyl (C=O) groups is 2. The van der Waals surface area contributed by atoms with Crippen molar-refractivity contribution in [3.63, 3.8) is 0 Å². The van der Waals surface area contributed by atoms with Crippen LogP contribution in [-0.2, 0) is 15.0 Å². The lowest BCUT2D eigenvalue weighted by Crippen LogP contribution is -2.51. The van der Waals surface area contributed by atoms with E-state index in [4.69, 9.17) is 23.2 Å². The number of aliphatic hydroxyl groups is 1. The van der Waals surface area contributed by atoms with Crippen LogP contribution in [0.2, 0.25) is 5.02 Å². The average molecular weight is 593 g/mol. The Kier molecular flexibility index (Phi) is 8.92. The molecular weight excluding hydrogens is 552 g/mol. The van der Waals surface area contributed by atoms with Gasteiger partial charge in [0, 0.05) is 33.7 Å². The fourth-order valence-electron chi connectivity index (χ4n) is 6.57. The van der Waals surface area contributed by atoms with Crippen molar-refractivity contribution in [1.29, 1.82) is 0 Å². The van der Waals surface area contributed by atoms with Gasteiger partial charge in [-0.1, -0.05) is 68.8 Å². The summed E-state index contributed by atoms with van der Waals surface area (Å²) in [6.45, 7) is 11.7. The molecular formula is C31H40Cl2FN3O3. The van der Waals surface area contributed by atoms with Gasteiger partial charge >= 0.3 is 0 Å². The molecule has 1 aromatic rings. The van der Waals surface area contributed by atoms with Crippen molar-refractivity contribution in [1.82, 2.24) is 10.6 Å². The van der Waals surface area contributed by atoms with Crippen LogP contribution in [0.5, 0.6) is 0 Å². The lowest BCUT2D eigenvalue weighted by molar-refractivity contribution is -0.125. The van der Waals surface area contributed by atoms with E-state index in [2.05, 4.69) is 43.3 Å². The smallest absolute Gasteiger partial charge is 0.238 e. The Bertz CT molecular complexity index is 1230. The van der Waals surface area contributed by atoms with Gasteiger partial charge in [0.15, 0.2) is 0 Å². The third-order valence-corrected chi connectivity index (χ3v) is 8.89. The van der Waals surface area contributed by atoms with Crippen molar-refractivity contribution in [2.24, 2.45) is 11.3 Å². The highest BCUT2D eigenvalue weighted by Crippen LogP contribution is 2.55. The van der Waals surface area contributed by atoms with Crippen LogP contribution in [-0.4, -0.2) is 47.3 Å². The largest absolute Gasteiger partial charge is 0.390 e. The molecule has 0 unspecified atom stereocenters. The van der Waals surface area contributed by atoms with Crippen molar-refractivity contribution in [2.75, 3.05) is 12.0 Å². The number of carbonyl (C=O) groups excluding carboxylic acids is 2. The topological polar surface area (TPSA) is 90.5 Å². The minimum absolute atomic E-state index is 0.0370. The third-order valence-electron chi connectivity index (χ3n) is 8.43. The molecule has 0 bridgehead atoms. The van der Waals surface area contributed by atoms with Gasteiger partial charge in [-0.25, -0.2) is 4.39 Å². The molecule has 6 nitrogen and oxygen atoms in total. The second-order valence-electron chi connectivity index (χ2n) is 12.9. The first-order valence-corrected chi connectivity index (χ1v) is 14.6. The summed E-state index contributed by atoms with van der Waals surface area (Å²) in [5.41, 5.74) is -0.0915. The molecule has 0 aromatic heterocycles. The predicted octanol–water partition coefficient (Wildman–Crippen LogP) is 5.94. The molecule has 0 radical (unpaired) electrons. The monoisotopic (exact) mass is 591 g/mol. The normalized spacial score (nSPS) is 32.4. The Morgan fingerprint density at radius 2 is 1.98 bits per heavy atom. The lowest BCUT2D eigenvalue weighted by Gasteiger charge is -2.38. The van der Waals surface area contributed by atoms with Crippen LogP contribution in [0, 0.1) is 11.3 Å². The Hall–Kier alpha value is -2.19. The zero-order chi connectivity index (χ0) is 29.5. The number of benzene rings is 1. The Labute approximate surface area is 246 Å². The number of amides is 2. The molecule has 1 spiro atoms. The average Bonchev–Trinajstić information content (AvgIpc) is 3.34. The van der Waals surface area contributed by atoms with Gasteiger partial charge in [0.25, 0.3) is 0 Å². The van der Waals surface area contributed by atoms with Gasteiger partial charge in [0.05, 0.1) is 11.6 Å². The molecule has 2 aliphatic heterocycles. The maximum absolute atomic E-state index is 14.1. The standard InChI is InChI=1S/C31H40Cl2FN3O3/c1-18(7-6-8-20(33)17-34)25-26(27(38)35-21-11-13-30(5,40)14-12-21)37-24(16-29(2,3)4)31(25)22-10-9-19(32)15-23(22)36-28(31)39/h6-10,15,21,24-26,37,40H,1,11-14,16-17H2,2-5H3,(H,35,38)(H,36,39)/b7-6-,20-8+/t21-,24-,25+,26-,30-,31+/m1/s1. The zero-order valence-electron chi connectivity index (χ0n) is 23.6. The number of nitrogens with one attached hydrogen (secondary N) is 3. The molecule has 40 heavy (non-hydrogen) atoms. The quantitative estimate of drug-likeness (QED) is 0.295. The van der Waals surface area contributed by atoms with Crippen molar-refractivity contribution in [2.45, 2.75) is 88.9 Å². The Morgan fingerprint density at radius 3 is 2.60 bits per heavy atom. The second kappa shape index (κ2) is 11.6. The summed E-state index contributed by atoms with van der Waals surface area (Å²) in [5.74, 6) is -1.08. The fraction of sp³-hybridized carbons (Fsp3) is 0.548. The molecule has 9 heteroatoms. The SMILES string of the molecule is C=C(/C=C\C=C(\Cl)CF)[C@H]1[C@H](C(=O)N[C@H]2CC[C@](C)(O)CC2)N[C@H](CC(C)(C)C)[C@]12C(=O)Nc1cc(Cl)ccc12. The molecule has 1 aliphatic carbocycles. The summed E-state index contributed by atoms with van der Waals surface area (Å²) >= 11 is 12.2. The molecule has 218 valence electrons. The van der Waals surface area contributed by atoms with Crippen LogP contribution in [0.3, 0.4) is 0 Å². The van der Waals surface area contributed by atoms with Crippen molar-refractivity contribution in [3.8, 4) is 0 Å². The van der Waals surface area contributed by atoms with Gasteiger partial charge in [-0.05, 0) is 73.8 Å². The first-order chi connectivity index (χ1) is 18.7. The maximum Gasteiger partial charge on any atom is 0.238 e. The van der Waals surface area contributed by atoms with E-state index in [0.717, 1.165) is 5.56 Å². The number of hydrogen-bond acceptors (Lipinski definition) is 4. The van der Waals surface area contributed by atoms with Gasteiger partial charge in [-0.15, -0.1) is 0 Å². The molecule has 1 saturated heterocycles. The van der Waals surface area contributed by atoms with Gasteiger partial charge in [-0.2, -0.15) is 0 Å². The highest BCUT2D eigenvalue weighted by molar-refractivity contribution is 6.31. The highest BCUT2D eigenvalue weighted by Gasteiger charge is 2.65. The number of halogens is 3. The molecule has 2 fully saturated rings. The first-order valence-electron chi connectivity index (χ1n) is 13.9. The van der Waals surface area contributed by atoms with E-state index < -0.39 is 35.7 Å². The number of hydrogen-bond donors (Lipinski definition) is 4. The molecule has 2 amide bonds. The molecule has 4 atom stereocenters. The van der Waals surface area contributed by atoms with Gasteiger partial charge < -0.3 is 21.1 Å². The fourth-order valence-corrected chi connectivity index (χ4v) is 6.82. The zero-order valence-corrected chi connectivity index (χ0v) is 25.1. The molecule has 3 aliphatic rings. The van der Waals surface area contributed by atoms with E-state index in [-0.39, 0.29) is 28.3 Å². The number of alkyl halides is 1. The summed E-state index contributed by atoms with van der Waals surface area (Å²) in [5, 5.41) is 20.7. The summed E-state index contributed by atoms with van der Waals surface area (Å²) < 4.78 is 13.0. The summed E-state index contributed by atoms with van der Waals surface area (Å²) in [4.78, 5) is 28.1. The minimum Gasteiger partial charge on any atom is -0.390 e. The van der Waals surface area contributed by atoms with E-state index in [0.29, 0.717) is 48.4 Å². The maximum atomic E-state index is 14.1. The second-order valence-corrected chi connectivity index (χ2v) is 13.8. The number of fused-ring (bicyclic) bond motifs is 2. The highest BCUT2D eigenvalue weighted by atomic mass is 35.5. The molecule has 2 heterocycles. The van der Waals surface area contributed by atoms with Crippen LogP contribution < -0.4 is 16.0 Å². The van der Waals surface area contributed by atoms with E-state index >= 15 is 0 Å². The van der Waals surface area contributed by atoms with Crippen LogP contribution in [0.1, 0.15) is 65.4 Å².